The molecule has 54 heavy (non-hydrogen) atoms. The van der Waals surface area contributed by atoms with E-state index in [0.29, 0.717) is 35.2 Å². The molecule has 0 radical (unpaired) electrons. The van der Waals surface area contributed by atoms with Crippen molar-refractivity contribution in [2.75, 3.05) is 0 Å². The van der Waals surface area contributed by atoms with Crippen LogP contribution in [0.2, 0.25) is 0 Å². The van der Waals surface area contributed by atoms with Gasteiger partial charge in [-0.3, -0.25) is 29.1 Å². The van der Waals surface area contributed by atoms with Crippen LogP contribution in [0, 0.1) is 29.5 Å². The molecule has 2 heterocycles. The molecule has 5 atom stereocenters. The third kappa shape index (κ3) is 9.05. The van der Waals surface area contributed by atoms with Crippen LogP contribution < -0.4 is 10.6 Å². The first kappa shape index (κ1) is 40.2. The Kier molecular flexibility index (Phi) is 12.7. The molecule has 0 saturated carbocycles. The Labute approximate surface area is 312 Å². The van der Waals surface area contributed by atoms with Gasteiger partial charge in [-0.2, -0.15) is 13.2 Å². The van der Waals surface area contributed by atoms with Gasteiger partial charge in [0.1, 0.15) is 17.1 Å². The van der Waals surface area contributed by atoms with Gasteiger partial charge in [0, 0.05) is 61.0 Å². The van der Waals surface area contributed by atoms with Gasteiger partial charge in [-0.1, -0.05) is 70.9 Å². The second-order valence-electron chi connectivity index (χ2n) is 14.6. The number of fused-ring (bicyclic) bond motifs is 3. The highest BCUT2D eigenvalue weighted by atomic mass is 19.4. The van der Waals surface area contributed by atoms with Gasteiger partial charge >= 0.3 is 6.18 Å². The maximum atomic E-state index is 14.8. The number of carbonyl (C=O) groups is 4. The van der Waals surface area contributed by atoms with Crippen molar-refractivity contribution < 1.29 is 36.7 Å². The van der Waals surface area contributed by atoms with Crippen LogP contribution in [-0.2, 0) is 51.2 Å². The highest BCUT2D eigenvalue weighted by Gasteiger charge is 2.47. The van der Waals surface area contributed by atoms with E-state index in [-0.39, 0.29) is 79.7 Å². The molecule has 2 unspecified atom stereocenters. The summed E-state index contributed by atoms with van der Waals surface area (Å²) in [6.07, 6.45) is 0.453. The van der Waals surface area contributed by atoms with E-state index in [1.54, 1.807) is 12.1 Å². The zero-order chi connectivity index (χ0) is 39.2. The van der Waals surface area contributed by atoms with E-state index in [2.05, 4.69) is 25.6 Å². The Morgan fingerprint density at radius 2 is 1.63 bits per heavy atom. The zero-order valence-corrected chi connectivity index (χ0v) is 31.0. The Morgan fingerprint density at radius 1 is 0.926 bits per heavy atom. The fourth-order valence-corrected chi connectivity index (χ4v) is 7.42. The number of halogens is 4. The van der Waals surface area contributed by atoms with Crippen molar-refractivity contribution in [3.63, 3.8) is 0 Å². The summed E-state index contributed by atoms with van der Waals surface area (Å²) in [5, 5.41) is 6.18. The van der Waals surface area contributed by atoms with Crippen LogP contribution in [-0.4, -0.2) is 43.9 Å². The summed E-state index contributed by atoms with van der Waals surface area (Å²) >= 11 is 0. The molecule has 4 aromatic rings. The number of Topliss-reactive ketones (excluding diaryl/α,β-unsaturated/α-hetero) is 2. The maximum absolute atomic E-state index is 14.8. The van der Waals surface area contributed by atoms with E-state index in [4.69, 9.17) is 0 Å². The third-order valence-electron chi connectivity index (χ3n) is 11.1. The van der Waals surface area contributed by atoms with E-state index in [1.807, 2.05) is 27.7 Å². The molecule has 13 heteroatoms. The Hall–Kier alpha value is -4.94. The molecule has 0 aliphatic heterocycles. The molecule has 0 bridgehead atoms. The number of hydrogen-bond donors (Lipinski definition) is 3. The number of hydrogen-bond acceptors (Lipinski definition) is 6. The van der Waals surface area contributed by atoms with Crippen molar-refractivity contribution in [3.05, 3.63) is 95.0 Å². The summed E-state index contributed by atoms with van der Waals surface area (Å²) in [5.74, 6) is -4.43. The number of carbonyl (C=O) groups excluding carboxylic acids is 4. The van der Waals surface area contributed by atoms with E-state index in [9.17, 15) is 36.7 Å². The molecular formula is C41H47F4N5O4. The molecular weight excluding hydrogens is 702 g/mol. The highest BCUT2D eigenvalue weighted by Crippen LogP contribution is 2.41. The van der Waals surface area contributed by atoms with Crippen LogP contribution in [0.1, 0.15) is 87.9 Å². The number of rotatable bonds is 16. The Morgan fingerprint density at radius 3 is 2.28 bits per heavy atom. The number of ketones is 2. The van der Waals surface area contributed by atoms with E-state index < -0.39 is 46.6 Å². The Balaban J connectivity index is 1.49. The topological polar surface area (TPSA) is 134 Å². The number of nitrogens with zero attached hydrogens (tertiary/aromatic N) is 2. The summed E-state index contributed by atoms with van der Waals surface area (Å²) in [6.45, 7) is 7.56. The van der Waals surface area contributed by atoms with Crippen LogP contribution in [0.15, 0.2) is 61.1 Å². The van der Waals surface area contributed by atoms with E-state index in [0.717, 1.165) is 6.07 Å². The van der Waals surface area contributed by atoms with Crippen molar-refractivity contribution in [1.29, 1.82) is 0 Å². The number of aromatic nitrogens is 3. The molecule has 1 aliphatic rings. The van der Waals surface area contributed by atoms with Crippen LogP contribution in [0.5, 0.6) is 0 Å². The molecule has 9 nitrogen and oxygen atoms in total. The van der Waals surface area contributed by atoms with Crippen LogP contribution in [0.4, 0.5) is 17.6 Å². The van der Waals surface area contributed by atoms with Gasteiger partial charge in [0.25, 0.3) is 0 Å². The first-order valence-corrected chi connectivity index (χ1v) is 18.5. The van der Waals surface area contributed by atoms with Crippen LogP contribution in [0.3, 0.4) is 0 Å². The summed E-state index contributed by atoms with van der Waals surface area (Å²) < 4.78 is 56.6. The van der Waals surface area contributed by atoms with Crippen molar-refractivity contribution in [1.82, 2.24) is 25.6 Å². The summed E-state index contributed by atoms with van der Waals surface area (Å²) in [6, 6.07) is 9.80. The number of nitrogens with one attached hydrogen (secondary N) is 3. The summed E-state index contributed by atoms with van der Waals surface area (Å²) in [7, 11) is 0. The minimum absolute atomic E-state index is 0.0591. The SMILES string of the molecule is CCC(C)[C@H](CC(=O)[C@@]1(NC(=O)[C@@H](CC(=O)Cc2ccccc2F)C(C)CC)CCc2[nH]c3c(C(F)(F)F)cccc3c2C1)C(=O)NCc1cnccn1. The molecule has 0 saturated heterocycles. The van der Waals surface area contributed by atoms with Crippen LogP contribution >= 0.6 is 0 Å². The van der Waals surface area contributed by atoms with Crippen molar-refractivity contribution in [2.45, 2.75) is 97.3 Å². The fraction of sp³-hybridized carbons (Fsp3) is 0.463. The molecule has 3 N–H and O–H groups in total. The maximum Gasteiger partial charge on any atom is 0.418 e. The minimum Gasteiger partial charge on any atom is -0.358 e. The number of aryl methyl sites for hydroxylation is 1. The largest absolute Gasteiger partial charge is 0.418 e. The first-order valence-electron chi connectivity index (χ1n) is 18.5. The second kappa shape index (κ2) is 17.0. The van der Waals surface area contributed by atoms with Gasteiger partial charge in [0.2, 0.25) is 11.8 Å². The number of para-hydroxylation sites is 1. The van der Waals surface area contributed by atoms with Gasteiger partial charge in [0.05, 0.1) is 29.5 Å². The third-order valence-corrected chi connectivity index (χ3v) is 11.1. The molecule has 0 spiro atoms. The quantitative estimate of drug-likeness (QED) is 0.103. The number of amides is 2. The predicted molar refractivity (Wildman–Crippen MR) is 195 cm³/mol. The molecule has 2 aromatic carbocycles. The number of H-pyrrole nitrogens is 1. The number of alkyl halides is 3. The lowest BCUT2D eigenvalue weighted by atomic mass is 9.72. The zero-order valence-electron chi connectivity index (χ0n) is 31.0. The molecule has 288 valence electrons. The lowest BCUT2D eigenvalue weighted by Crippen LogP contribution is -2.60. The molecule has 0 fully saturated rings. The van der Waals surface area contributed by atoms with Gasteiger partial charge in [-0.25, -0.2) is 4.39 Å². The van der Waals surface area contributed by atoms with Crippen molar-refractivity contribution >= 4 is 34.3 Å². The predicted octanol–water partition coefficient (Wildman–Crippen LogP) is 7.26. The first-order chi connectivity index (χ1) is 25.7. The standard InChI is InChI=1S/C41H47F4N5O4/c1-5-24(3)30(19-28(51)18-26-10-7-8-13-34(26)42)39(54)50-40(15-14-35-32(21-40)29-11-9-12-33(37(29)49-35)41(43,44)45)36(52)20-31(25(4)6-2)38(53)48-23-27-22-46-16-17-47-27/h7-13,16-17,22,24-25,30-31,49H,5-6,14-15,18-21,23H2,1-4H3,(H,48,53)(H,50,54)/t24?,25?,30-,31-,40+/m0/s1. The van der Waals surface area contributed by atoms with E-state index in [1.165, 1.54) is 42.9 Å². The molecule has 2 aromatic heterocycles. The van der Waals surface area contributed by atoms with Gasteiger partial charge in [-0.15, -0.1) is 0 Å². The lowest BCUT2D eigenvalue weighted by Gasteiger charge is -2.39. The van der Waals surface area contributed by atoms with Crippen molar-refractivity contribution in [2.24, 2.45) is 23.7 Å². The minimum atomic E-state index is -4.63. The number of aromatic amines is 1. The van der Waals surface area contributed by atoms with Crippen molar-refractivity contribution in [3.8, 4) is 0 Å². The molecule has 5 rings (SSSR count). The summed E-state index contributed by atoms with van der Waals surface area (Å²) in [5.41, 5.74) is -0.758. The highest BCUT2D eigenvalue weighted by molar-refractivity contribution is 5.99. The lowest BCUT2D eigenvalue weighted by molar-refractivity contribution is -0.139. The van der Waals surface area contributed by atoms with Gasteiger partial charge < -0.3 is 15.6 Å². The van der Waals surface area contributed by atoms with Gasteiger partial charge in [0.15, 0.2) is 5.78 Å². The van der Waals surface area contributed by atoms with Crippen LogP contribution in [0.25, 0.3) is 10.9 Å². The average molecular weight is 750 g/mol. The van der Waals surface area contributed by atoms with Gasteiger partial charge in [-0.05, 0) is 47.9 Å². The Bertz CT molecular complexity index is 1980. The molecule has 1 aliphatic carbocycles. The van der Waals surface area contributed by atoms with E-state index >= 15 is 0 Å². The average Bonchev–Trinajstić information content (AvgIpc) is 3.52. The second-order valence-corrected chi connectivity index (χ2v) is 14.6. The fourth-order valence-electron chi connectivity index (χ4n) is 7.42. The smallest absolute Gasteiger partial charge is 0.358 e. The summed E-state index contributed by atoms with van der Waals surface area (Å²) in [4.78, 5) is 67.4. The normalized spacial score (nSPS) is 17.9. The number of benzene rings is 2. The molecule has 2 amide bonds. The monoisotopic (exact) mass is 749 g/mol.